The third-order valence-corrected chi connectivity index (χ3v) is 8.58. The Hall–Kier alpha value is -4.57. The molecule has 0 fully saturated rings. The van der Waals surface area contributed by atoms with Gasteiger partial charge in [0.15, 0.2) is 0 Å². The van der Waals surface area contributed by atoms with E-state index in [1.807, 2.05) is 0 Å². The summed E-state index contributed by atoms with van der Waals surface area (Å²) >= 11 is 0. The van der Waals surface area contributed by atoms with Gasteiger partial charge in [-0.2, -0.15) is 0 Å². The van der Waals surface area contributed by atoms with Crippen LogP contribution in [0, 0.1) is 13.8 Å². The van der Waals surface area contributed by atoms with Gasteiger partial charge in [-0.1, -0.05) is 78.9 Å². The molecule has 9 rings (SSSR count). The van der Waals surface area contributed by atoms with Gasteiger partial charge in [0.2, 0.25) is 0 Å². The van der Waals surface area contributed by atoms with Crippen molar-refractivity contribution in [2.75, 3.05) is 0 Å². The van der Waals surface area contributed by atoms with Crippen molar-refractivity contribution < 1.29 is 0 Å². The van der Waals surface area contributed by atoms with Gasteiger partial charge in [0.05, 0.1) is 22.1 Å². The van der Waals surface area contributed by atoms with Gasteiger partial charge in [0.1, 0.15) is 5.82 Å². The lowest BCUT2D eigenvalue weighted by molar-refractivity contribution is 1.15. The first kappa shape index (κ1) is 19.6. The van der Waals surface area contributed by atoms with Crippen LogP contribution in [0.25, 0.3) is 61.0 Å². The number of benzene rings is 5. The van der Waals surface area contributed by atoms with E-state index in [9.17, 15) is 0 Å². The number of para-hydroxylation sites is 3. The molecule has 172 valence electrons. The molecule has 0 amide bonds. The van der Waals surface area contributed by atoms with Crippen molar-refractivity contribution in [3.63, 3.8) is 0 Å². The first-order valence-corrected chi connectivity index (χ1v) is 13.0. The summed E-state index contributed by atoms with van der Waals surface area (Å²) in [5.41, 5.74) is 15.2. The summed E-state index contributed by atoms with van der Waals surface area (Å²) in [5, 5.41) is 2.62. The highest BCUT2D eigenvalue weighted by molar-refractivity contribution is 6.89. The molecule has 0 saturated heterocycles. The van der Waals surface area contributed by atoms with E-state index >= 15 is 0 Å². The molecule has 5 aromatic carbocycles. The number of nitrogens with zero attached hydrogens (tertiary/aromatic N) is 3. The van der Waals surface area contributed by atoms with E-state index in [4.69, 9.17) is 4.98 Å². The first-order chi connectivity index (χ1) is 18.2. The molecule has 0 bridgehead atoms. The largest absolute Gasteiger partial charge is 0.359 e. The van der Waals surface area contributed by atoms with E-state index in [-0.39, 0.29) is 6.85 Å². The van der Waals surface area contributed by atoms with Crippen molar-refractivity contribution in [2.24, 2.45) is 0 Å². The van der Waals surface area contributed by atoms with Crippen LogP contribution in [0.3, 0.4) is 0 Å². The fourth-order valence-corrected chi connectivity index (χ4v) is 7.17. The fraction of sp³-hybridized carbons (Fsp3) is 0.0606. The Morgan fingerprint density at radius 2 is 1.38 bits per heavy atom. The van der Waals surface area contributed by atoms with Crippen LogP contribution in [-0.4, -0.2) is 20.9 Å². The lowest BCUT2D eigenvalue weighted by Gasteiger charge is -2.34. The molecular weight excluding hydrogens is 449 g/mol. The van der Waals surface area contributed by atoms with Crippen LogP contribution in [0.2, 0.25) is 0 Å². The Bertz CT molecular complexity index is 2110. The second-order valence-electron chi connectivity index (χ2n) is 10.5. The Morgan fingerprint density at radius 1 is 0.649 bits per heavy atom. The molecule has 0 saturated carbocycles. The summed E-state index contributed by atoms with van der Waals surface area (Å²) in [4.78, 5) is 5.33. The van der Waals surface area contributed by atoms with Gasteiger partial charge in [0, 0.05) is 27.6 Å². The summed E-state index contributed by atoms with van der Waals surface area (Å²) in [7, 11) is 0. The molecule has 0 radical (unpaired) electrons. The smallest absolute Gasteiger partial charge is 0.334 e. The minimum atomic E-state index is 0.0561. The monoisotopic (exact) mass is 471 g/mol. The number of imidazole rings is 1. The summed E-state index contributed by atoms with van der Waals surface area (Å²) < 4.78 is 5.04. The molecule has 2 aliphatic rings. The van der Waals surface area contributed by atoms with Crippen molar-refractivity contribution in [3.8, 4) is 28.2 Å². The average molecular weight is 471 g/mol. The number of aromatic nitrogens is 3. The highest BCUT2D eigenvalue weighted by Crippen LogP contribution is 2.41. The van der Waals surface area contributed by atoms with Crippen LogP contribution in [0.5, 0.6) is 0 Å². The highest BCUT2D eigenvalue weighted by atomic mass is 15.1. The van der Waals surface area contributed by atoms with Crippen molar-refractivity contribution >= 4 is 50.6 Å². The average Bonchev–Trinajstić information content (AvgIpc) is 3.46. The Kier molecular flexibility index (Phi) is 3.50. The SMILES string of the molecule is Cc1cccc(C)c1-c1nc2cccc3c2n1B1c2c-3cccc2-n2c3ccccc3c3cccc1c32. The number of rotatable bonds is 1. The third kappa shape index (κ3) is 2.23. The molecule has 0 spiro atoms. The maximum Gasteiger partial charge on any atom is 0.334 e. The predicted octanol–water partition coefficient (Wildman–Crippen LogP) is 6.37. The highest BCUT2D eigenvalue weighted by Gasteiger charge is 2.41. The third-order valence-electron chi connectivity index (χ3n) is 8.58. The normalized spacial score (nSPS) is 13.1. The summed E-state index contributed by atoms with van der Waals surface area (Å²) in [6, 6.07) is 35.6. The molecule has 0 unspecified atom stereocenters. The molecule has 4 heteroatoms. The lowest BCUT2D eigenvalue weighted by atomic mass is 9.45. The van der Waals surface area contributed by atoms with Gasteiger partial charge in [-0.3, -0.25) is 0 Å². The van der Waals surface area contributed by atoms with Crippen LogP contribution >= 0.6 is 0 Å². The number of hydrogen-bond donors (Lipinski definition) is 0. The summed E-state index contributed by atoms with van der Waals surface area (Å²) in [6.45, 7) is 4.47. The molecular formula is C33H22BN3. The molecule has 37 heavy (non-hydrogen) atoms. The van der Waals surface area contributed by atoms with Crippen LogP contribution in [-0.2, 0) is 0 Å². The van der Waals surface area contributed by atoms with E-state index in [1.54, 1.807) is 0 Å². The molecule has 0 N–H and O–H groups in total. The van der Waals surface area contributed by atoms with Gasteiger partial charge in [0.25, 0.3) is 0 Å². The second kappa shape index (κ2) is 6.60. The standard InChI is InChI=1S/C33H22BN3/c1-19-9-5-10-20(2)29(19)33-35-26-16-7-14-24-22-12-8-18-28-30(22)34(37(33)32(24)26)25-15-6-13-23-21-11-3-4-17-27(21)36(28)31(23)25/h3-18H,1-2H3. The van der Waals surface area contributed by atoms with E-state index in [0.717, 1.165) is 11.3 Å². The van der Waals surface area contributed by atoms with E-state index < -0.39 is 0 Å². The van der Waals surface area contributed by atoms with Crippen LogP contribution < -0.4 is 10.9 Å². The number of hydrogen-bond acceptors (Lipinski definition) is 1. The first-order valence-electron chi connectivity index (χ1n) is 13.0. The van der Waals surface area contributed by atoms with E-state index in [2.05, 4.69) is 120 Å². The van der Waals surface area contributed by atoms with Crippen molar-refractivity contribution in [1.82, 2.24) is 14.0 Å². The minimum Gasteiger partial charge on any atom is -0.359 e. The summed E-state index contributed by atoms with van der Waals surface area (Å²) in [5.74, 6) is 1.06. The van der Waals surface area contributed by atoms with Crippen LogP contribution in [0.1, 0.15) is 11.1 Å². The Labute approximate surface area is 214 Å². The maximum absolute atomic E-state index is 5.33. The van der Waals surface area contributed by atoms with Gasteiger partial charge in [-0.05, 0) is 59.7 Å². The number of aryl methyl sites for hydroxylation is 2. The van der Waals surface area contributed by atoms with Crippen molar-refractivity contribution in [1.29, 1.82) is 0 Å². The van der Waals surface area contributed by atoms with Gasteiger partial charge < -0.3 is 9.05 Å². The van der Waals surface area contributed by atoms with Gasteiger partial charge in [-0.15, -0.1) is 0 Å². The Morgan fingerprint density at radius 3 is 2.27 bits per heavy atom. The zero-order chi connectivity index (χ0) is 24.4. The molecule has 2 aromatic heterocycles. The molecule has 3 nitrogen and oxygen atoms in total. The predicted molar refractivity (Wildman–Crippen MR) is 155 cm³/mol. The zero-order valence-electron chi connectivity index (χ0n) is 20.7. The molecule has 4 heterocycles. The van der Waals surface area contributed by atoms with Crippen LogP contribution in [0.4, 0.5) is 0 Å². The molecule has 2 aliphatic heterocycles. The Balaban J connectivity index is 1.53. The fourth-order valence-electron chi connectivity index (χ4n) is 7.17. The molecule has 0 atom stereocenters. The van der Waals surface area contributed by atoms with Gasteiger partial charge in [-0.25, -0.2) is 4.98 Å². The van der Waals surface area contributed by atoms with Gasteiger partial charge >= 0.3 is 6.85 Å². The van der Waals surface area contributed by atoms with Crippen molar-refractivity contribution in [2.45, 2.75) is 13.8 Å². The summed E-state index contributed by atoms with van der Waals surface area (Å²) in [6.07, 6.45) is 0. The molecule has 0 aliphatic carbocycles. The van der Waals surface area contributed by atoms with E-state index in [1.165, 1.54) is 71.8 Å². The number of fused-ring (bicyclic) bond motifs is 7. The quantitative estimate of drug-likeness (QED) is 0.255. The second-order valence-corrected chi connectivity index (χ2v) is 10.5. The van der Waals surface area contributed by atoms with Crippen molar-refractivity contribution in [3.05, 3.63) is 108 Å². The minimum absolute atomic E-state index is 0.0561. The molecule has 7 aromatic rings. The van der Waals surface area contributed by atoms with Crippen LogP contribution in [0.15, 0.2) is 97.1 Å². The van der Waals surface area contributed by atoms with E-state index in [0.29, 0.717) is 0 Å². The topological polar surface area (TPSA) is 22.8 Å². The maximum atomic E-state index is 5.33. The zero-order valence-corrected chi connectivity index (χ0v) is 20.7. The lowest BCUT2D eigenvalue weighted by Crippen LogP contribution is -2.55.